The van der Waals surface area contributed by atoms with Gasteiger partial charge in [-0.1, -0.05) is 74.9 Å². The molecule has 0 nitrogen and oxygen atoms in total. The highest BCUT2D eigenvalue weighted by Gasteiger charge is 2.15. The predicted octanol–water partition coefficient (Wildman–Crippen LogP) is 8.19. The summed E-state index contributed by atoms with van der Waals surface area (Å²) in [6.07, 6.45) is 12.5. The van der Waals surface area contributed by atoms with Crippen molar-refractivity contribution in [3.8, 4) is 0 Å². The lowest BCUT2D eigenvalue weighted by atomic mass is 9.91. The van der Waals surface area contributed by atoms with Gasteiger partial charge in [-0.15, -0.1) is 12.6 Å². The smallest absolute Gasteiger partial charge is 0.0151 e. The van der Waals surface area contributed by atoms with E-state index in [4.69, 9.17) is 12.6 Å². The van der Waals surface area contributed by atoms with Gasteiger partial charge in [0.15, 0.2) is 0 Å². The molecule has 1 saturated carbocycles. The Kier molecular flexibility index (Phi) is 8.21. The van der Waals surface area contributed by atoms with Crippen LogP contribution in [0.25, 0.3) is 16.3 Å². The van der Waals surface area contributed by atoms with E-state index in [9.17, 15) is 0 Å². The summed E-state index contributed by atoms with van der Waals surface area (Å²) in [5.74, 6) is 3.68. The first-order valence-corrected chi connectivity index (χ1v) is 12.2. The summed E-state index contributed by atoms with van der Waals surface area (Å²) in [6, 6.07) is 11.1. The summed E-state index contributed by atoms with van der Waals surface area (Å²) >= 11 is 6.93. The quantitative estimate of drug-likeness (QED) is 0.401. The van der Waals surface area contributed by atoms with Crippen LogP contribution < -0.4 is 0 Å². The molecule has 146 valence electrons. The molecule has 0 aromatic heterocycles. The van der Waals surface area contributed by atoms with E-state index in [1.54, 1.807) is 0 Å². The predicted molar refractivity (Wildman–Crippen MR) is 127 cm³/mol. The number of hydrogen-bond acceptors (Lipinski definition) is 2. The van der Waals surface area contributed by atoms with Crippen molar-refractivity contribution >= 4 is 40.7 Å². The second-order valence-corrected chi connectivity index (χ2v) is 9.84. The first-order valence-electron chi connectivity index (χ1n) is 10.6. The third-order valence-electron chi connectivity index (χ3n) is 5.88. The second kappa shape index (κ2) is 10.6. The van der Waals surface area contributed by atoms with Crippen molar-refractivity contribution in [1.82, 2.24) is 0 Å². The molecule has 1 heterocycles. The molecule has 2 aromatic rings. The van der Waals surface area contributed by atoms with Crippen LogP contribution in [0.2, 0.25) is 0 Å². The van der Waals surface area contributed by atoms with Gasteiger partial charge in [-0.05, 0) is 71.6 Å². The second-order valence-electron chi connectivity index (χ2n) is 8.17. The van der Waals surface area contributed by atoms with Gasteiger partial charge in [-0.2, -0.15) is 11.8 Å². The van der Waals surface area contributed by atoms with E-state index in [1.165, 1.54) is 96.1 Å². The molecule has 1 aliphatic heterocycles. The molecule has 2 heteroatoms. The molecule has 0 spiro atoms. The van der Waals surface area contributed by atoms with Gasteiger partial charge in [-0.25, -0.2) is 0 Å². The number of rotatable bonds is 3. The van der Waals surface area contributed by atoms with Gasteiger partial charge < -0.3 is 0 Å². The molecule has 0 amide bonds. The van der Waals surface area contributed by atoms with Crippen molar-refractivity contribution < 1.29 is 0 Å². The summed E-state index contributed by atoms with van der Waals surface area (Å²) in [6.45, 7) is 6.10. The van der Waals surface area contributed by atoms with Crippen molar-refractivity contribution in [2.75, 3.05) is 11.5 Å². The number of thioether (sulfide) groups is 1. The number of fused-ring (bicyclic) bond motifs is 1. The average molecular weight is 399 g/mol. The summed E-state index contributed by atoms with van der Waals surface area (Å²) in [7, 11) is 0. The zero-order chi connectivity index (χ0) is 19.1. The molecule has 2 aliphatic rings. The first kappa shape index (κ1) is 20.9. The molecular weight excluding hydrogens is 364 g/mol. The molecule has 4 rings (SSSR count). The third kappa shape index (κ3) is 6.06. The fraction of sp³-hybridized carbons (Fsp3) is 0.520. The van der Waals surface area contributed by atoms with Crippen molar-refractivity contribution in [2.24, 2.45) is 5.92 Å². The van der Waals surface area contributed by atoms with Crippen LogP contribution in [0.4, 0.5) is 0 Å². The Morgan fingerprint density at radius 1 is 1.00 bits per heavy atom. The largest absolute Gasteiger partial charge is 0.162 e. The topological polar surface area (TPSA) is 0 Å². The van der Waals surface area contributed by atoms with E-state index >= 15 is 0 Å². The average Bonchev–Trinajstić information content (AvgIpc) is 3.16. The Hall–Kier alpha value is -0.860. The molecule has 0 atom stereocenters. The van der Waals surface area contributed by atoms with Crippen LogP contribution in [-0.4, -0.2) is 11.5 Å². The molecule has 0 bridgehead atoms. The number of allylic oxidation sites excluding steroid dienone is 1. The van der Waals surface area contributed by atoms with Crippen LogP contribution >= 0.6 is 24.4 Å². The van der Waals surface area contributed by atoms with Crippen LogP contribution in [0.1, 0.15) is 69.4 Å². The molecule has 0 radical (unpaired) electrons. The normalized spacial score (nSPS) is 18.0. The van der Waals surface area contributed by atoms with Crippen molar-refractivity contribution in [2.45, 2.75) is 69.6 Å². The van der Waals surface area contributed by atoms with Crippen molar-refractivity contribution in [3.05, 3.63) is 48.0 Å². The maximum Gasteiger partial charge on any atom is 0.0151 e. The lowest BCUT2D eigenvalue weighted by Gasteiger charge is -2.16. The van der Waals surface area contributed by atoms with E-state index < -0.39 is 0 Å². The molecule has 0 unspecified atom stereocenters. The van der Waals surface area contributed by atoms with E-state index in [1.807, 2.05) is 0 Å². The van der Waals surface area contributed by atoms with Gasteiger partial charge in [0.2, 0.25) is 0 Å². The van der Waals surface area contributed by atoms with Gasteiger partial charge in [0.1, 0.15) is 0 Å². The maximum atomic E-state index is 4.85. The van der Waals surface area contributed by atoms with Crippen molar-refractivity contribution in [3.63, 3.8) is 0 Å². The van der Waals surface area contributed by atoms with E-state index in [0.29, 0.717) is 0 Å². The Labute approximate surface area is 175 Å². The zero-order valence-corrected chi connectivity index (χ0v) is 18.5. The highest BCUT2D eigenvalue weighted by molar-refractivity contribution is 7.99. The maximum absolute atomic E-state index is 4.85. The fourth-order valence-corrected chi connectivity index (χ4v) is 5.57. The van der Waals surface area contributed by atoms with Crippen LogP contribution in [0.5, 0.6) is 0 Å². The van der Waals surface area contributed by atoms with Gasteiger partial charge in [0.05, 0.1) is 0 Å². The standard InChI is InChI=1S/C21H26S.C4H8S/c1-15(2)17-11-12-20-18(14-17)9-10-19(21(20)22)13-16-7-5-3-4-6-8-16;1-2-4-5-3-1/h9-12,14,16,22H,1,3-8,13H2,2H3;1-4H2. The minimum absolute atomic E-state index is 0.848. The summed E-state index contributed by atoms with van der Waals surface area (Å²) in [5.41, 5.74) is 3.76. The van der Waals surface area contributed by atoms with Crippen LogP contribution in [0, 0.1) is 5.92 Å². The summed E-state index contributed by atoms with van der Waals surface area (Å²) < 4.78 is 0. The lowest BCUT2D eigenvalue weighted by molar-refractivity contribution is 0.456. The monoisotopic (exact) mass is 398 g/mol. The molecule has 2 aromatic carbocycles. The lowest BCUT2D eigenvalue weighted by Crippen LogP contribution is -2.04. The fourth-order valence-electron chi connectivity index (χ4n) is 4.18. The highest BCUT2D eigenvalue weighted by Crippen LogP contribution is 2.32. The molecule has 27 heavy (non-hydrogen) atoms. The molecule has 1 saturated heterocycles. The molecule has 0 N–H and O–H groups in total. The van der Waals surface area contributed by atoms with Gasteiger partial charge in [0.25, 0.3) is 0 Å². The van der Waals surface area contributed by atoms with Crippen LogP contribution in [0.3, 0.4) is 0 Å². The molecule has 1 aliphatic carbocycles. The number of thiol groups is 1. The highest BCUT2D eigenvalue weighted by atomic mass is 32.2. The summed E-state index contributed by atoms with van der Waals surface area (Å²) in [4.78, 5) is 1.18. The zero-order valence-electron chi connectivity index (χ0n) is 16.8. The van der Waals surface area contributed by atoms with Gasteiger partial charge in [-0.3, -0.25) is 0 Å². The minimum Gasteiger partial charge on any atom is -0.162 e. The number of benzene rings is 2. The third-order valence-corrected chi connectivity index (χ3v) is 7.56. The van der Waals surface area contributed by atoms with Gasteiger partial charge >= 0.3 is 0 Å². The van der Waals surface area contributed by atoms with E-state index in [2.05, 4.69) is 55.6 Å². The Morgan fingerprint density at radius 3 is 2.30 bits per heavy atom. The molecule has 2 fully saturated rings. The van der Waals surface area contributed by atoms with Crippen LogP contribution in [-0.2, 0) is 6.42 Å². The Bertz CT molecular complexity index is 743. The Balaban J connectivity index is 0.000000364. The SMILES string of the molecule is C1CCSC1.C=C(C)c1ccc2c(S)c(CC3CCCCCC3)ccc2c1. The molecular formula is C25H34S2. The van der Waals surface area contributed by atoms with E-state index in [0.717, 1.165) is 11.5 Å². The van der Waals surface area contributed by atoms with Crippen LogP contribution in [0.15, 0.2) is 41.8 Å². The minimum atomic E-state index is 0.848. The van der Waals surface area contributed by atoms with E-state index in [-0.39, 0.29) is 0 Å². The Morgan fingerprint density at radius 2 is 1.70 bits per heavy atom. The summed E-state index contributed by atoms with van der Waals surface area (Å²) in [5, 5.41) is 2.55. The number of hydrogen-bond donors (Lipinski definition) is 1. The first-order chi connectivity index (χ1) is 13.1. The van der Waals surface area contributed by atoms with Gasteiger partial charge in [0, 0.05) is 4.90 Å². The van der Waals surface area contributed by atoms with Crippen molar-refractivity contribution in [1.29, 1.82) is 0 Å².